The maximum absolute atomic E-state index is 12.0. The summed E-state index contributed by atoms with van der Waals surface area (Å²) in [6, 6.07) is 11.5. The molecule has 0 bridgehead atoms. The first-order valence-electron chi connectivity index (χ1n) is 8.67. The van der Waals surface area contributed by atoms with Crippen molar-refractivity contribution in [2.24, 2.45) is 0 Å². The van der Waals surface area contributed by atoms with E-state index in [9.17, 15) is 4.79 Å². The van der Waals surface area contributed by atoms with Gasteiger partial charge in [-0.2, -0.15) is 0 Å². The summed E-state index contributed by atoms with van der Waals surface area (Å²) < 4.78 is 7.24. The van der Waals surface area contributed by atoms with Gasteiger partial charge in [0, 0.05) is 36.8 Å². The van der Waals surface area contributed by atoms with Crippen molar-refractivity contribution in [3.05, 3.63) is 65.1 Å². The van der Waals surface area contributed by atoms with Crippen LogP contribution in [0.25, 0.3) is 5.65 Å². The van der Waals surface area contributed by atoms with Crippen LogP contribution in [0, 0.1) is 0 Å². The molecule has 3 aromatic rings. The van der Waals surface area contributed by atoms with Crippen molar-refractivity contribution in [2.75, 3.05) is 13.7 Å². The van der Waals surface area contributed by atoms with Gasteiger partial charge in [-0.25, -0.2) is 4.98 Å². The largest absolute Gasteiger partial charge is 0.493 e. The highest BCUT2D eigenvalue weighted by molar-refractivity contribution is 6.30. The third-order valence-electron chi connectivity index (χ3n) is 4.20. The Morgan fingerprint density at radius 2 is 2.04 bits per heavy atom. The molecule has 0 fully saturated rings. The molecule has 0 aliphatic rings. The summed E-state index contributed by atoms with van der Waals surface area (Å²) in [5.41, 5.74) is 2.91. The molecule has 0 atom stereocenters. The Labute approximate surface area is 158 Å². The molecule has 1 N–H and O–H groups in total. The van der Waals surface area contributed by atoms with Crippen molar-refractivity contribution in [3.63, 3.8) is 0 Å². The molecular weight excluding hydrogens is 350 g/mol. The number of hydrogen-bond acceptors (Lipinski definition) is 3. The van der Waals surface area contributed by atoms with Crippen molar-refractivity contribution >= 4 is 23.2 Å². The van der Waals surface area contributed by atoms with Crippen LogP contribution in [-0.4, -0.2) is 28.9 Å². The smallest absolute Gasteiger partial charge is 0.220 e. The lowest BCUT2D eigenvalue weighted by molar-refractivity contribution is -0.121. The molecule has 0 spiro atoms. The number of halogens is 1. The minimum atomic E-state index is 0.0697. The van der Waals surface area contributed by atoms with E-state index in [0.29, 0.717) is 19.4 Å². The summed E-state index contributed by atoms with van der Waals surface area (Å²) in [4.78, 5) is 16.5. The minimum absolute atomic E-state index is 0.0697. The van der Waals surface area contributed by atoms with Crippen LogP contribution in [0.2, 0.25) is 5.02 Å². The van der Waals surface area contributed by atoms with E-state index in [2.05, 4.69) is 10.3 Å². The first-order chi connectivity index (χ1) is 12.7. The number of nitrogens with one attached hydrogen (secondary N) is 1. The van der Waals surface area contributed by atoms with Crippen molar-refractivity contribution in [2.45, 2.75) is 25.7 Å². The van der Waals surface area contributed by atoms with Crippen molar-refractivity contribution in [1.82, 2.24) is 14.7 Å². The lowest BCUT2D eigenvalue weighted by atomic mass is 10.1. The number of methoxy groups -OCH3 is 1. The molecule has 0 saturated carbocycles. The predicted molar refractivity (Wildman–Crippen MR) is 103 cm³/mol. The topological polar surface area (TPSA) is 55.6 Å². The fraction of sp³-hybridized carbons (Fsp3) is 0.300. The number of carbonyl (C=O) groups excluding carboxylic acids is 1. The van der Waals surface area contributed by atoms with Gasteiger partial charge in [0.2, 0.25) is 5.91 Å². The summed E-state index contributed by atoms with van der Waals surface area (Å²) in [6.07, 6.45) is 6.79. The lowest BCUT2D eigenvalue weighted by Gasteiger charge is -2.04. The standard InChI is InChI=1S/C20H22ClN3O2/c1-26-18-5-3-13-24-14-17(23-20(18)24)11-12-22-19(25)6-2-4-15-7-9-16(21)10-8-15/h3,5,7-10,13-14H,2,4,6,11-12H2,1H3,(H,22,25). The number of carbonyl (C=O) groups is 1. The minimum Gasteiger partial charge on any atom is -0.493 e. The van der Waals surface area contributed by atoms with Crippen molar-refractivity contribution < 1.29 is 9.53 Å². The number of pyridine rings is 1. The highest BCUT2D eigenvalue weighted by atomic mass is 35.5. The Kier molecular flexibility index (Phi) is 6.12. The fourth-order valence-corrected chi connectivity index (χ4v) is 2.97. The fourth-order valence-electron chi connectivity index (χ4n) is 2.84. The lowest BCUT2D eigenvalue weighted by Crippen LogP contribution is -2.25. The first kappa shape index (κ1) is 18.3. The van der Waals surface area contributed by atoms with E-state index in [4.69, 9.17) is 16.3 Å². The monoisotopic (exact) mass is 371 g/mol. The third kappa shape index (κ3) is 4.76. The summed E-state index contributed by atoms with van der Waals surface area (Å²) in [7, 11) is 1.63. The van der Waals surface area contributed by atoms with Crippen LogP contribution in [0.5, 0.6) is 5.75 Å². The maximum atomic E-state index is 12.0. The number of amides is 1. The van der Waals surface area contributed by atoms with E-state index >= 15 is 0 Å². The van der Waals surface area contributed by atoms with Crippen molar-refractivity contribution in [1.29, 1.82) is 0 Å². The Morgan fingerprint density at radius 1 is 1.23 bits per heavy atom. The summed E-state index contributed by atoms with van der Waals surface area (Å²) in [5.74, 6) is 0.810. The highest BCUT2D eigenvalue weighted by Gasteiger charge is 2.07. The Morgan fingerprint density at radius 3 is 2.81 bits per heavy atom. The van der Waals surface area contributed by atoms with Crippen LogP contribution in [-0.2, 0) is 17.6 Å². The Hall–Kier alpha value is -2.53. The third-order valence-corrected chi connectivity index (χ3v) is 4.45. The van der Waals surface area contributed by atoms with E-state index in [-0.39, 0.29) is 5.91 Å². The molecule has 1 aromatic carbocycles. The molecule has 26 heavy (non-hydrogen) atoms. The molecule has 1 amide bonds. The summed E-state index contributed by atoms with van der Waals surface area (Å²) in [6.45, 7) is 0.575. The van der Waals surface area contributed by atoms with E-state index in [0.717, 1.165) is 35.0 Å². The highest BCUT2D eigenvalue weighted by Crippen LogP contribution is 2.18. The van der Waals surface area contributed by atoms with Crippen LogP contribution >= 0.6 is 11.6 Å². The molecule has 0 saturated heterocycles. The molecule has 0 aliphatic carbocycles. The second kappa shape index (κ2) is 8.72. The van der Waals surface area contributed by atoms with E-state index < -0.39 is 0 Å². The number of aromatic nitrogens is 2. The van der Waals surface area contributed by atoms with Gasteiger partial charge in [0.15, 0.2) is 11.4 Å². The zero-order valence-electron chi connectivity index (χ0n) is 14.7. The van der Waals surface area contributed by atoms with Gasteiger partial charge < -0.3 is 14.5 Å². The summed E-state index contributed by atoms with van der Waals surface area (Å²) >= 11 is 5.87. The van der Waals surface area contributed by atoms with Crippen LogP contribution in [0.1, 0.15) is 24.1 Å². The van der Waals surface area contributed by atoms with Crippen LogP contribution in [0.3, 0.4) is 0 Å². The Balaban J connectivity index is 1.41. The van der Waals surface area contributed by atoms with Crippen molar-refractivity contribution in [3.8, 4) is 5.75 Å². The van der Waals surface area contributed by atoms with Gasteiger partial charge >= 0.3 is 0 Å². The zero-order chi connectivity index (χ0) is 18.4. The molecule has 136 valence electrons. The molecular formula is C20H22ClN3O2. The van der Waals surface area contributed by atoms with Crippen LogP contribution in [0.4, 0.5) is 0 Å². The van der Waals surface area contributed by atoms with E-state index in [1.807, 2.05) is 53.2 Å². The Bertz CT molecular complexity index is 874. The van der Waals surface area contributed by atoms with Gasteiger partial charge in [0.1, 0.15) is 0 Å². The molecule has 6 heteroatoms. The second-order valence-corrected chi connectivity index (χ2v) is 6.56. The molecule has 0 aliphatic heterocycles. The average molecular weight is 372 g/mol. The molecule has 2 aromatic heterocycles. The average Bonchev–Trinajstić information content (AvgIpc) is 3.06. The molecule has 0 unspecified atom stereocenters. The summed E-state index contributed by atoms with van der Waals surface area (Å²) in [5, 5.41) is 3.69. The molecule has 0 radical (unpaired) electrons. The number of rotatable bonds is 8. The number of fused-ring (bicyclic) bond motifs is 1. The first-order valence-corrected chi connectivity index (χ1v) is 9.05. The number of imidazole rings is 1. The van der Waals surface area contributed by atoms with Gasteiger partial charge in [0.05, 0.1) is 12.8 Å². The van der Waals surface area contributed by atoms with Gasteiger partial charge in [-0.05, 0) is 42.7 Å². The zero-order valence-corrected chi connectivity index (χ0v) is 15.5. The second-order valence-electron chi connectivity index (χ2n) is 6.12. The number of nitrogens with zero attached hydrogens (tertiary/aromatic N) is 2. The number of aryl methyl sites for hydroxylation is 1. The van der Waals surface area contributed by atoms with Gasteiger partial charge in [-0.3, -0.25) is 4.79 Å². The normalized spacial score (nSPS) is 10.8. The van der Waals surface area contributed by atoms with Gasteiger partial charge in [-0.15, -0.1) is 0 Å². The van der Waals surface area contributed by atoms with E-state index in [1.54, 1.807) is 7.11 Å². The number of ether oxygens (including phenoxy) is 1. The molecule has 5 nitrogen and oxygen atoms in total. The molecule has 3 rings (SSSR count). The SMILES string of the molecule is COc1cccn2cc(CCNC(=O)CCCc3ccc(Cl)cc3)nc12. The number of hydrogen-bond donors (Lipinski definition) is 1. The number of benzene rings is 1. The van der Waals surface area contributed by atoms with Crippen LogP contribution < -0.4 is 10.1 Å². The predicted octanol–water partition coefficient (Wildman–Crippen LogP) is 3.68. The van der Waals surface area contributed by atoms with Crippen LogP contribution in [0.15, 0.2) is 48.8 Å². The quantitative estimate of drug-likeness (QED) is 0.657. The molecule has 2 heterocycles. The maximum Gasteiger partial charge on any atom is 0.220 e. The van der Waals surface area contributed by atoms with E-state index in [1.165, 1.54) is 5.56 Å². The van der Waals surface area contributed by atoms with Gasteiger partial charge in [0.25, 0.3) is 0 Å². The van der Waals surface area contributed by atoms with Gasteiger partial charge in [-0.1, -0.05) is 23.7 Å².